The lowest BCUT2D eigenvalue weighted by Gasteiger charge is -2.14. The summed E-state index contributed by atoms with van der Waals surface area (Å²) in [6.07, 6.45) is 1.51. The van der Waals surface area contributed by atoms with Crippen molar-refractivity contribution in [3.63, 3.8) is 0 Å². The van der Waals surface area contributed by atoms with E-state index in [-0.39, 0.29) is 16.7 Å². The molecule has 0 saturated heterocycles. The summed E-state index contributed by atoms with van der Waals surface area (Å²) in [5.74, 6) is -1.71. The average molecular weight is 398 g/mol. The lowest BCUT2D eigenvalue weighted by molar-refractivity contribution is -0.0583. The lowest BCUT2D eigenvalue weighted by atomic mass is 10.0. The third-order valence-electron chi connectivity index (χ3n) is 4.89. The van der Waals surface area contributed by atoms with E-state index in [1.807, 2.05) is 13.0 Å². The molecule has 2 amide bonds. The Morgan fingerprint density at radius 3 is 2.37 bits per heavy atom. The van der Waals surface area contributed by atoms with Crippen molar-refractivity contribution in [3.8, 4) is 11.5 Å². The summed E-state index contributed by atoms with van der Waals surface area (Å²) >= 11 is 0. The lowest BCUT2D eigenvalue weighted by Crippen LogP contribution is -2.32. The minimum absolute atomic E-state index is 0.173. The molecule has 0 N–H and O–H groups in total. The maximum atomic E-state index is 13.1. The molecule has 30 heavy (non-hydrogen) atoms. The van der Waals surface area contributed by atoms with Gasteiger partial charge in [-0.05, 0) is 49.4 Å². The predicted molar refractivity (Wildman–Crippen MR) is 107 cm³/mol. The first-order valence-corrected chi connectivity index (χ1v) is 9.18. The number of carbonyl (C=O) groups excluding carboxylic acids is 3. The van der Waals surface area contributed by atoms with Crippen molar-refractivity contribution >= 4 is 28.7 Å². The van der Waals surface area contributed by atoms with Crippen LogP contribution in [0.15, 0.2) is 71.3 Å². The van der Waals surface area contributed by atoms with Crippen LogP contribution < -0.4 is 0 Å². The number of hydroxylamine groups is 2. The third kappa shape index (κ3) is 2.76. The van der Waals surface area contributed by atoms with Gasteiger partial charge >= 0.3 is 5.97 Å². The van der Waals surface area contributed by atoms with Crippen molar-refractivity contribution in [1.82, 2.24) is 10.0 Å². The quantitative estimate of drug-likeness (QED) is 0.481. The average Bonchev–Trinajstić information content (AvgIpc) is 3.37. The molecule has 2 aromatic carbocycles. The number of amides is 2. The summed E-state index contributed by atoms with van der Waals surface area (Å²) in [6.45, 7) is 1.89. The Kier molecular flexibility index (Phi) is 3.96. The van der Waals surface area contributed by atoms with Crippen LogP contribution in [0.25, 0.3) is 22.4 Å². The molecule has 0 spiro atoms. The Morgan fingerprint density at radius 2 is 1.70 bits per heavy atom. The van der Waals surface area contributed by atoms with Crippen LogP contribution >= 0.6 is 0 Å². The van der Waals surface area contributed by atoms with Crippen LogP contribution in [0.5, 0.6) is 0 Å². The van der Waals surface area contributed by atoms with Gasteiger partial charge in [0.1, 0.15) is 5.69 Å². The molecule has 0 aliphatic carbocycles. The number of nitrogens with zero attached hydrogens (tertiary/aromatic N) is 2. The highest BCUT2D eigenvalue weighted by Gasteiger charge is 2.39. The van der Waals surface area contributed by atoms with Crippen LogP contribution in [-0.2, 0) is 4.84 Å². The zero-order valence-electron chi connectivity index (χ0n) is 15.8. The van der Waals surface area contributed by atoms with Gasteiger partial charge in [-0.25, -0.2) is 9.78 Å². The van der Waals surface area contributed by atoms with Crippen molar-refractivity contribution in [2.75, 3.05) is 0 Å². The Bertz CT molecular complexity index is 1310. The fourth-order valence-corrected chi connectivity index (χ4v) is 3.44. The number of furan rings is 1. The van der Waals surface area contributed by atoms with Gasteiger partial charge in [-0.15, -0.1) is 0 Å². The summed E-state index contributed by atoms with van der Waals surface area (Å²) < 4.78 is 5.40. The number of rotatable bonds is 3. The molecule has 7 nitrogen and oxygen atoms in total. The van der Waals surface area contributed by atoms with Gasteiger partial charge in [-0.1, -0.05) is 28.8 Å². The molecule has 2 aromatic heterocycles. The smallest absolute Gasteiger partial charge is 0.364 e. The number of carbonyl (C=O) groups is 3. The second-order valence-electron chi connectivity index (χ2n) is 6.88. The monoisotopic (exact) mass is 398 g/mol. The molecule has 0 bridgehead atoms. The van der Waals surface area contributed by atoms with Crippen LogP contribution in [0.1, 0.15) is 36.6 Å². The largest absolute Gasteiger partial charge is 0.463 e. The number of aromatic nitrogens is 1. The van der Waals surface area contributed by atoms with Crippen molar-refractivity contribution < 1.29 is 23.6 Å². The van der Waals surface area contributed by atoms with Gasteiger partial charge in [0.2, 0.25) is 0 Å². The first-order chi connectivity index (χ1) is 14.5. The molecular formula is C23H14N2O5. The molecule has 4 aromatic rings. The Morgan fingerprint density at radius 1 is 0.967 bits per heavy atom. The summed E-state index contributed by atoms with van der Waals surface area (Å²) in [5, 5.41) is 1.05. The van der Waals surface area contributed by atoms with Gasteiger partial charge < -0.3 is 9.25 Å². The highest BCUT2D eigenvalue weighted by molar-refractivity contribution is 6.21. The van der Waals surface area contributed by atoms with E-state index in [4.69, 9.17) is 9.25 Å². The summed E-state index contributed by atoms with van der Waals surface area (Å²) in [7, 11) is 0. The molecule has 7 heteroatoms. The Labute approximate surface area is 170 Å². The fourth-order valence-electron chi connectivity index (χ4n) is 3.44. The molecule has 0 radical (unpaired) electrons. The van der Waals surface area contributed by atoms with Crippen molar-refractivity contribution in [2.24, 2.45) is 0 Å². The highest BCUT2D eigenvalue weighted by Crippen LogP contribution is 2.28. The number of pyridine rings is 1. The summed E-state index contributed by atoms with van der Waals surface area (Å²) in [6, 6.07) is 16.8. The molecule has 5 rings (SSSR count). The first-order valence-electron chi connectivity index (χ1n) is 9.18. The van der Waals surface area contributed by atoms with Crippen LogP contribution in [0.3, 0.4) is 0 Å². The SMILES string of the molecule is Cc1ccc2nc(-c3ccco3)cc(C(=O)ON3C(=O)c4ccccc4C3=O)c2c1. The van der Waals surface area contributed by atoms with Gasteiger partial charge in [0.25, 0.3) is 11.8 Å². The minimum atomic E-state index is -0.838. The molecule has 0 unspecified atom stereocenters. The predicted octanol–water partition coefficient (Wildman–Crippen LogP) is 4.17. The number of hydrogen-bond acceptors (Lipinski definition) is 6. The van der Waals surface area contributed by atoms with Crippen LogP contribution in [0.4, 0.5) is 0 Å². The normalized spacial score (nSPS) is 13.0. The van der Waals surface area contributed by atoms with Crippen LogP contribution in [-0.4, -0.2) is 27.8 Å². The van der Waals surface area contributed by atoms with E-state index in [0.717, 1.165) is 5.56 Å². The molecule has 0 fully saturated rings. The third-order valence-corrected chi connectivity index (χ3v) is 4.89. The topological polar surface area (TPSA) is 89.7 Å². The van der Waals surface area contributed by atoms with Crippen molar-refractivity contribution in [1.29, 1.82) is 0 Å². The summed E-state index contributed by atoms with van der Waals surface area (Å²) in [4.78, 5) is 48.0. The molecular weight excluding hydrogens is 384 g/mol. The number of benzene rings is 2. The maximum Gasteiger partial charge on any atom is 0.364 e. The second-order valence-corrected chi connectivity index (χ2v) is 6.88. The molecule has 0 saturated carbocycles. The fraction of sp³-hybridized carbons (Fsp3) is 0.0435. The molecule has 3 heterocycles. The number of aryl methyl sites for hydroxylation is 1. The number of fused-ring (bicyclic) bond motifs is 2. The van der Waals surface area contributed by atoms with E-state index in [0.29, 0.717) is 27.4 Å². The molecule has 1 aliphatic rings. The van der Waals surface area contributed by atoms with Crippen LogP contribution in [0, 0.1) is 6.92 Å². The molecule has 146 valence electrons. The van der Waals surface area contributed by atoms with Crippen molar-refractivity contribution in [3.05, 3.63) is 89.2 Å². The van der Waals surface area contributed by atoms with E-state index >= 15 is 0 Å². The van der Waals surface area contributed by atoms with Gasteiger partial charge in [0.15, 0.2) is 5.76 Å². The number of hydrogen-bond donors (Lipinski definition) is 0. The molecule has 1 aliphatic heterocycles. The Balaban J connectivity index is 1.57. The summed E-state index contributed by atoms with van der Waals surface area (Å²) in [5.41, 5.74) is 2.48. The first kappa shape index (κ1) is 17.8. The maximum absolute atomic E-state index is 13.1. The standard InChI is InChI=1S/C23H14N2O5/c1-13-8-9-18-16(11-13)17(12-19(24-18)20-7-4-10-29-20)23(28)30-25-21(26)14-5-2-3-6-15(14)22(25)27/h2-12H,1H3. The minimum Gasteiger partial charge on any atom is -0.463 e. The second kappa shape index (κ2) is 6.66. The van der Waals surface area contributed by atoms with E-state index in [1.54, 1.807) is 36.4 Å². The zero-order valence-corrected chi connectivity index (χ0v) is 15.8. The van der Waals surface area contributed by atoms with E-state index in [2.05, 4.69) is 4.98 Å². The van der Waals surface area contributed by atoms with Crippen molar-refractivity contribution in [2.45, 2.75) is 6.92 Å². The molecule has 0 atom stereocenters. The van der Waals surface area contributed by atoms with E-state index in [9.17, 15) is 14.4 Å². The van der Waals surface area contributed by atoms with Gasteiger partial charge in [-0.3, -0.25) is 9.59 Å². The van der Waals surface area contributed by atoms with E-state index in [1.165, 1.54) is 24.5 Å². The zero-order chi connectivity index (χ0) is 20.8. The van der Waals surface area contributed by atoms with Gasteiger partial charge in [0.05, 0.1) is 28.5 Å². The van der Waals surface area contributed by atoms with Gasteiger partial charge in [-0.2, -0.15) is 0 Å². The van der Waals surface area contributed by atoms with Crippen LogP contribution in [0.2, 0.25) is 0 Å². The Hall–Kier alpha value is -4.26. The van der Waals surface area contributed by atoms with E-state index < -0.39 is 17.8 Å². The number of imide groups is 1. The highest BCUT2D eigenvalue weighted by atomic mass is 16.7. The van der Waals surface area contributed by atoms with Gasteiger partial charge in [0, 0.05) is 5.39 Å².